The van der Waals surface area contributed by atoms with Crippen LogP contribution in [0.25, 0.3) is 22.4 Å². The molecule has 218 valence electrons. The Morgan fingerprint density at radius 2 is 1.83 bits per heavy atom. The fourth-order valence-corrected chi connectivity index (χ4v) is 6.84. The molecule has 1 aliphatic rings. The molecular formula is C30H38N6O4S. The Balaban J connectivity index is 1.58. The van der Waals surface area contributed by atoms with Gasteiger partial charge in [-0.3, -0.25) is 9.48 Å². The number of rotatable bonds is 12. The Kier molecular flexibility index (Phi) is 8.86. The number of nitrogens with one attached hydrogen (secondary N) is 1. The lowest BCUT2D eigenvalue weighted by Gasteiger charge is -2.25. The largest absolute Gasteiger partial charge is 0.493 e. The second kappa shape index (κ2) is 12.5. The summed E-state index contributed by atoms with van der Waals surface area (Å²) in [6.45, 7) is 7.55. The topological polar surface area (TPSA) is 113 Å². The maximum absolute atomic E-state index is 14.2. The summed E-state index contributed by atoms with van der Waals surface area (Å²) in [4.78, 5) is 23.2. The molecule has 1 aliphatic heterocycles. The van der Waals surface area contributed by atoms with Crippen molar-refractivity contribution in [3.05, 3.63) is 70.1 Å². The van der Waals surface area contributed by atoms with E-state index in [0.29, 0.717) is 48.5 Å². The molecule has 0 saturated carbocycles. The van der Waals surface area contributed by atoms with Gasteiger partial charge in [0.1, 0.15) is 17.1 Å². The summed E-state index contributed by atoms with van der Waals surface area (Å²) in [5, 5.41) is 4.50. The third kappa shape index (κ3) is 6.22. The van der Waals surface area contributed by atoms with Crippen molar-refractivity contribution >= 4 is 21.1 Å². The number of hydrogen-bond acceptors (Lipinski definition) is 7. The highest BCUT2D eigenvalue weighted by molar-refractivity contribution is 7.89. The lowest BCUT2D eigenvalue weighted by molar-refractivity contribution is 0.292. The first-order valence-electron chi connectivity index (χ1n) is 14.3. The second-order valence-corrected chi connectivity index (χ2v) is 12.3. The lowest BCUT2D eigenvalue weighted by atomic mass is 10.1. The molecule has 0 aliphatic carbocycles. The molecule has 5 rings (SSSR count). The summed E-state index contributed by atoms with van der Waals surface area (Å²) in [6, 6.07) is 14.4. The number of sulfonamides is 1. The summed E-state index contributed by atoms with van der Waals surface area (Å²) in [6.07, 6.45) is 3.80. The Hall–Kier alpha value is -3.54. The van der Waals surface area contributed by atoms with Gasteiger partial charge in [-0.1, -0.05) is 43.7 Å². The van der Waals surface area contributed by atoms with E-state index in [1.807, 2.05) is 44.2 Å². The predicted octanol–water partition coefficient (Wildman–Crippen LogP) is 3.96. The number of benzene rings is 2. The van der Waals surface area contributed by atoms with E-state index in [2.05, 4.69) is 15.0 Å². The number of aromatic amines is 1. The standard InChI is InChI=1S/C30H38N6O4S/c1-4-11-25-27-28(34(3)33-25)30(37)32-29(31-27)24-20-23(14-15-26(24)40-5-2)41(38,39)36(19-18-35-16-9-10-17-35)21-22-12-7-6-8-13-22/h6-8,12-15,20H,4-5,9-11,16-19,21H2,1-3H3,(H,31,32,37). The number of ether oxygens (including phenoxy) is 1. The smallest absolute Gasteiger partial charge is 0.277 e. The molecule has 3 heterocycles. The minimum absolute atomic E-state index is 0.121. The first-order valence-corrected chi connectivity index (χ1v) is 15.7. The van der Waals surface area contributed by atoms with Crippen molar-refractivity contribution < 1.29 is 13.2 Å². The maximum Gasteiger partial charge on any atom is 0.277 e. The average molecular weight is 579 g/mol. The number of nitrogens with zero attached hydrogens (tertiary/aromatic N) is 5. The molecule has 11 heteroatoms. The molecule has 0 atom stereocenters. The molecule has 0 amide bonds. The normalized spacial score (nSPS) is 14.3. The lowest BCUT2D eigenvalue weighted by Crippen LogP contribution is -2.37. The van der Waals surface area contributed by atoms with E-state index in [4.69, 9.17) is 9.72 Å². The fraction of sp³-hybridized carbons (Fsp3) is 0.433. The third-order valence-electron chi connectivity index (χ3n) is 7.46. The van der Waals surface area contributed by atoms with E-state index in [1.165, 1.54) is 0 Å². The van der Waals surface area contributed by atoms with Crippen LogP contribution in [0, 0.1) is 0 Å². The van der Waals surface area contributed by atoms with E-state index in [1.54, 1.807) is 34.2 Å². The molecule has 1 fully saturated rings. The first-order chi connectivity index (χ1) is 19.8. The summed E-state index contributed by atoms with van der Waals surface area (Å²) in [5.41, 5.74) is 2.62. The Bertz CT molecular complexity index is 1660. The number of hydrogen-bond donors (Lipinski definition) is 1. The number of fused-ring (bicyclic) bond motifs is 1. The van der Waals surface area contributed by atoms with Gasteiger partial charge >= 0.3 is 0 Å². The van der Waals surface area contributed by atoms with Crippen LogP contribution in [-0.4, -0.2) is 70.2 Å². The third-order valence-corrected chi connectivity index (χ3v) is 9.30. The minimum atomic E-state index is -3.90. The molecule has 1 N–H and O–H groups in total. The van der Waals surface area contributed by atoms with Gasteiger partial charge in [0.05, 0.1) is 22.8 Å². The van der Waals surface area contributed by atoms with E-state index >= 15 is 0 Å². The molecule has 10 nitrogen and oxygen atoms in total. The number of aryl methyl sites for hydroxylation is 2. The van der Waals surface area contributed by atoms with E-state index in [0.717, 1.165) is 43.6 Å². The van der Waals surface area contributed by atoms with Gasteiger partial charge in [-0.15, -0.1) is 0 Å². The van der Waals surface area contributed by atoms with Crippen LogP contribution >= 0.6 is 0 Å². The zero-order chi connectivity index (χ0) is 29.0. The Morgan fingerprint density at radius 3 is 2.54 bits per heavy atom. The monoisotopic (exact) mass is 578 g/mol. The summed E-state index contributed by atoms with van der Waals surface area (Å²) >= 11 is 0. The van der Waals surface area contributed by atoms with Gasteiger partial charge in [-0.25, -0.2) is 13.4 Å². The Labute approximate surface area is 241 Å². The van der Waals surface area contributed by atoms with E-state index in [9.17, 15) is 13.2 Å². The van der Waals surface area contributed by atoms with Crippen molar-refractivity contribution in [3.8, 4) is 17.1 Å². The van der Waals surface area contributed by atoms with Crippen LogP contribution in [-0.2, 0) is 30.0 Å². The quantitative estimate of drug-likeness (QED) is 0.271. The average Bonchev–Trinajstić information content (AvgIpc) is 3.60. The molecule has 0 unspecified atom stereocenters. The van der Waals surface area contributed by atoms with Gasteiger partial charge in [0.15, 0.2) is 5.52 Å². The highest BCUT2D eigenvalue weighted by Gasteiger charge is 2.28. The second-order valence-electron chi connectivity index (χ2n) is 10.4. The summed E-state index contributed by atoms with van der Waals surface area (Å²) < 4.78 is 37.3. The van der Waals surface area contributed by atoms with E-state index in [-0.39, 0.29) is 22.8 Å². The van der Waals surface area contributed by atoms with Gasteiger partial charge < -0.3 is 14.6 Å². The maximum atomic E-state index is 14.2. The minimum Gasteiger partial charge on any atom is -0.493 e. The fourth-order valence-electron chi connectivity index (χ4n) is 5.40. The summed E-state index contributed by atoms with van der Waals surface area (Å²) in [5.74, 6) is 0.696. The highest BCUT2D eigenvalue weighted by atomic mass is 32.2. The highest BCUT2D eigenvalue weighted by Crippen LogP contribution is 2.32. The van der Waals surface area contributed by atoms with Gasteiger partial charge in [0, 0.05) is 26.7 Å². The molecule has 0 bridgehead atoms. The molecule has 2 aromatic heterocycles. The molecule has 41 heavy (non-hydrogen) atoms. The Morgan fingerprint density at radius 1 is 1.07 bits per heavy atom. The SMILES string of the molecule is CCCc1nn(C)c2c(=O)[nH]c(-c3cc(S(=O)(=O)N(CCN4CCCC4)Cc4ccccc4)ccc3OCC)nc12. The van der Waals surface area contributed by atoms with Crippen molar-refractivity contribution in [3.63, 3.8) is 0 Å². The number of H-pyrrole nitrogens is 1. The number of aromatic nitrogens is 4. The molecule has 4 aromatic rings. The van der Waals surface area contributed by atoms with Crippen LogP contribution in [0.1, 0.15) is 44.4 Å². The van der Waals surface area contributed by atoms with Crippen LogP contribution in [0.15, 0.2) is 58.2 Å². The van der Waals surface area contributed by atoms with Crippen molar-refractivity contribution in [2.45, 2.75) is 51.0 Å². The van der Waals surface area contributed by atoms with Crippen molar-refractivity contribution in [1.82, 2.24) is 29.0 Å². The van der Waals surface area contributed by atoms with Gasteiger partial charge in [0.25, 0.3) is 5.56 Å². The first kappa shape index (κ1) is 29.0. The predicted molar refractivity (Wildman–Crippen MR) is 159 cm³/mol. The molecule has 1 saturated heterocycles. The van der Waals surface area contributed by atoms with Crippen LogP contribution in [0.5, 0.6) is 5.75 Å². The van der Waals surface area contributed by atoms with Gasteiger partial charge in [0.2, 0.25) is 10.0 Å². The molecule has 2 aromatic carbocycles. The van der Waals surface area contributed by atoms with Crippen LogP contribution in [0.2, 0.25) is 0 Å². The van der Waals surface area contributed by atoms with Crippen molar-refractivity contribution in [1.29, 1.82) is 0 Å². The van der Waals surface area contributed by atoms with Crippen molar-refractivity contribution in [2.24, 2.45) is 7.05 Å². The zero-order valence-corrected chi connectivity index (χ0v) is 24.8. The zero-order valence-electron chi connectivity index (χ0n) is 24.0. The van der Waals surface area contributed by atoms with Gasteiger partial charge in [-0.05, 0) is 63.0 Å². The van der Waals surface area contributed by atoms with Crippen LogP contribution < -0.4 is 10.3 Å². The van der Waals surface area contributed by atoms with Crippen molar-refractivity contribution in [2.75, 3.05) is 32.8 Å². The van der Waals surface area contributed by atoms with E-state index < -0.39 is 10.0 Å². The van der Waals surface area contributed by atoms with Gasteiger partial charge in [-0.2, -0.15) is 9.40 Å². The molecular weight excluding hydrogens is 540 g/mol. The summed E-state index contributed by atoms with van der Waals surface area (Å²) in [7, 11) is -2.18. The number of likely N-dealkylation sites (tertiary alicyclic amines) is 1. The van der Waals surface area contributed by atoms with Crippen LogP contribution in [0.3, 0.4) is 0 Å². The molecule has 0 radical (unpaired) electrons. The van der Waals surface area contributed by atoms with Crippen LogP contribution in [0.4, 0.5) is 0 Å². The molecule has 0 spiro atoms.